The number of nitrogens with two attached hydrogens (primary N) is 1. The molecule has 0 saturated carbocycles. The van der Waals surface area contributed by atoms with E-state index in [1.165, 1.54) is 6.42 Å². The van der Waals surface area contributed by atoms with Gasteiger partial charge in [0.05, 0.1) is 11.3 Å². The Hall–Kier alpha value is -1.71. The summed E-state index contributed by atoms with van der Waals surface area (Å²) in [5.41, 5.74) is 6.24. The lowest BCUT2D eigenvalue weighted by Crippen LogP contribution is -2.43. The predicted molar refractivity (Wildman–Crippen MR) is 76.1 cm³/mol. The summed E-state index contributed by atoms with van der Waals surface area (Å²) < 4.78 is 0. The van der Waals surface area contributed by atoms with E-state index in [0.29, 0.717) is 11.6 Å². The number of nitrogens with zero attached hydrogens (tertiary/aromatic N) is 1. The van der Waals surface area contributed by atoms with Crippen molar-refractivity contribution in [1.82, 2.24) is 4.90 Å². The molecule has 0 aromatic heterocycles. The fourth-order valence-electron chi connectivity index (χ4n) is 2.79. The summed E-state index contributed by atoms with van der Waals surface area (Å²) in [5.74, 6) is -0.184. The number of phenols is 1. The molecule has 1 amide bonds. The van der Waals surface area contributed by atoms with Crippen molar-refractivity contribution in [3.05, 3.63) is 23.8 Å². The lowest BCUT2D eigenvalue weighted by Gasteiger charge is -2.36. The van der Waals surface area contributed by atoms with Crippen molar-refractivity contribution < 1.29 is 9.90 Å². The Balaban J connectivity index is 2.23. The summed E-state index contributed by atoms with van der Waals surface area (Å²) in [6.07, 6.45) is 5.36. The third kappa shape index (κ3) is 2.83. The molecule has 1 aromatic carbocycles. The van der Waals surface area contributed by atoms with Gasteiger partial charge in [0.2, 0.25) is 0 Å². The van der Waals surface area contributed by atoms with Crippen LogP contribution in [0.3, 0.4) is 0 Å². The number of para-hydroxylation sites is 1. The highest BCUT2D eigenvalue weighted by atomic mass is 16.3. The number of hydrogen-bond donors (Lipinski definition) is 2. The average molecular weight is 262 g/mol. The van der Waals surface area contributed by atoms with Gasteiger partial charge in [0.15, 0.2) is 5.75 Å². The number of carbonyl (C=O) groups is 1. The zero-order valence-electron chi connectivity index (χ0n) is 11.4. The highest BCUT2D eigenvalue weighted by molar-refractivity contribution is 5.98. The molecule has 0 radical (unpaired) electrons. The number of phenolic OH excluding ortho intramolecular Hbond substituents is 1. The quantitative estimate of drug-likeness (QED) is 0.650. The fourth-order valence-corrected chi connectivity index (χ4v) is 2.79. The second kappa shape index (κ2) is 5.95. The van der Waals surface area contributed by atoms with E-state index in [2.05, 4.69) is 6.92 Å². The van der Waals surface area contributed by atoms with Crippen molar-refractivity contribution in [2.24, 2.45) is 0 Å². The van der Waals surface area contributed by atoms with Crippen molar-refractivity contribution in [2.45, 2.75) is 45.1 Å². The molecule has 19 heavy (non-hydrogen) atoms. The molecule has 1 saturated heterocycles. The maximum atomic E-state index is 12.6. The first-order chi connectivity index (χ1) is 9.15. The molecule has 1 unspecified atom stereocenters. The zero-order chi connectivity index (χ0) is 13.8. The van der Waals surface area contributed by atoms with E-state index in [4.69, 9.17) is 5.73 Å². The summed E-state index contributed by atoms with van der Waals surface area (Å²) in [4.78, 5) is 14.5. The predicted octanol–water partition coefficient (Wildman–Crippen LogP) is 2.77. The van der Waals surface area contributed by atoms with Crippen LogP contribution in [0.1, 0.15) is 49.4 Å². The monoisotopic (exact) mass is 262 g/mol. The molecule has 0 aliphatic carbocycles. The molecule has 4 nitrogen and oxygen atoms in total. The maximum absolute atomic E-state index is 12.6. The Morgan fingerprint density at radius 1 is 1.47 bits per heavy atom. The molecule has 0 spiro atoms. The normalized spacial score (nSPS) is 19.4. The van der Waals surface area contributed by atoms with E-state index >= 15 is 0 Å². The first-order valence-electron chi connectivity index (χ1n) is 7.03. The van der Waals surface area contributed by atoms with Crippen LogP contribution in [0, 0.1) is 0 Å². The summed E-state index contributed by atoms with van der Waals surface area (Å²) in [6.45, 7) is 2.91. The number of likely N-dealkylation sites (tertiary alicyclic amines) is 1. The van der Waals surface area contributed by atoms with Crippen LogP contribution >= 0.6 is 0 Å². The van der Waals surface area contributed by atoms with Crippen LogP contribution in [0.5, 0.6) is 5.75 Å². The van der Waals surface area contributed by atoms with E-state index < -0.39 is 0 Å². The van der Waals surface area contributed by atoms with Gasteiger partial charge in [0.25, 0.3) is 5.91 Å². The smallest absolute Gasteiger partial charge is 0.257 e. The van der Waals surface area contributed by atoms with Gasteiger partial charge in [-0.25, -0.2) is 0 Å². The number of benzene rings is 1. The van der Waals surface area contributed by atoms with E-state index in [1.807, 2.05) is 4.90 Å². The van der Waals surface area contributed by atoms with Crippen LogP contribution in [-0.2, 0) is 0 Å². The van der Waals surface area contributed by atoms with Gasteiger partial charge in [-0.2, -0.15) is 0 Å². The first-order valence-corrected chi connectivity index (χ1v) is 7.03. The number of nitrogen functional groups attached to an aromatic ring is 1. The van der Waals surface area contributed by atoms with E-state index in [0.717, 1.165) is 32.2 Å². The van der Waals surface area contributed by atoms with Crippen LogP contribution in [0.4, 0.5) is 5.69 Å². The van der Waals surface area contributed by atoms with Gasteiger partial charge in [-0.15, -0.1) is 0 Å². The average Bonchev–Trinajstić information content (AvgIpc) is 2.42. The van der Waals surface area contributed by atoms with Crippen LogP contribution in [-0.4, -0.2) is 28.5 Å². The first kappa shape index (κ1) is 13.7. The van der Waals surface area contributed by atoms with Crippen molar-refractivity contribution in [3.63, 3.8) is 0 Å². The lowest BCUT2D eigenvalue weighted by molar-refractivity contribution is 0.0598. The molecule has 0 bridgehead atoms. The number of anilines is 1. The van der Waals surface area contributed by atoms with Gasteiger partial charge >= 0.3 is 0 Å². The molecule has 3 N–H and O–H groups in total. The van der Waals surface area contributed by atoms with Gasteiger partial charge in [-0.05, 0) is 37.8 Å². The highest BCUT2D eigenvalue weighted by Crippen LogP contribution is 2.29. The van der Waals surface area contributed by atoms with Gasteiger partial charge in [0, 0.05) is 12.6 Å². The topological polar surface area (TPSA) is 66.6 Å². The Morgan fingerprint density at radius 3 is 3.00 bits per heavy atom. The van der Waals surface area contributed by atoms with Gasteiger partial charge in [0.1, 0.15) is 0 Å². The number of carbonyl (C=O) groups excluding carboxylic acids is 1. The molecular formula is C15H22N2O2. The Labute approximate surface area is 114 Å². The Morgan fingerprint density at radius 2 is 2.26 bits per heavy atom. The molecule has 104 valence electrons. The number of rotatable bonds is 3. The fraction of sp³-hybridized carbons (Fsp3) is 0.533. The molecule has 1 aliphatic rings. The highest BCUT2D eigenvalue weighted by Gasteiger charge is 2.28. The van der Waals surface area contributed by atoms with Crippen LogP contribution < -0.4 is 5.73 Å². The molecule has 1 heterocycles. The molecule has 1 atom stereocenters. The van der Waals surface area contributed by atoms with E-state index in [9.17, 15) is 9.90 Å². The maximum Gasteiger partial charge on any atom is 0.257 e. The minimum absolute atomic E-state index is 0.0895. The second-order valence-corrected chi connectivity index (χ2v) is 5.18. The standard InChI is InChI=1S/C15H22N2O2/c1-2-6-11-7-3-4-10-17(11)15(19)12-8-5-9-13(16)14(12)18/h5,8-9,11,18H,2-4,6-7,10,16H2,1H3. The Bertz CT molecular complexity index is 457. The molecule has 1 aliphatic heterocycles. The summed E-state index contributed by atoms with van der Waals surface area (Å²) >= 11 is 0. The van der Waals surface area contributed by atoms with Crippen molar-refractivity contribution in [3.8, 4) is 5.75 Å². The third-order valence-electron chi connectivity index (χ3n) is 3.81. The van der Waals surface area contributed by atoms with Gasteiger partial charge < -0.3 is 15.7 Å². The number of hydrogen-bond acceptors (Lipinski definition) is 3. The zero-order valence-corrected chi connectivity index (χ0v) is 11.4. The molecule has 2 rings (SSSR count). The van der Waals surface area contributed by atoms with E-state index in [-0.39, 0.29) is 17.3 Å². The van der Waals surface area contributed by atoms with Crippen LogP contribution in [0.15, 0.2) is 18.2 Å². The minimum atomic E-state index is -0.0945. The molecule has 1 fully saturated rings. The number of aromatic hydroxyl groups is 1. The van der Waals surface area contributed by atoms with Crippen molar-refractivity contribution >= 4 is 11.6 Å². The van der Waals surface area contributed by atoms with Crippen molar-refractivity contribution in [1.29, 1.82) is 0 Å². The van der Waals surface area contributed by atoms with Crippen molar-refractivity contribution in [2.75, 3.05) is 12.3 Å². The summed E-state index contributed by atoms with van der Waals surface area (Å²) in [7, 11) is 0. The van der Waals surface area contributed by atoms with Gasteiger partial charge in [-0.3, -0.25) is 4.79 Å². The molecular weight excluding hydrogens is 240 g/mol. The minimum Gasteiger partial charge on any atom is -0.505 e. The second-order valence-electron chi connectivity index (χ2n) is 5.18. The van der Waals surface area contributed by atoms with Gasteiger partial charge in [-0.1, -0.05) is 19.4 Å². The van der Waals surface area contributed by atoms with Crippen LogP contribution in [0.25, 0.3) is 0 Å². The molecule has 4 heteroatoms. The SMILES string of the molecule is CCCC1CCCCN1C(=O)c1cccc(N)c1O. The number of amides is 1. The number of piperidine rings is 1. The Kier molecular flexibility index (Phi) is 4.30. The van der Waals surface area contributed by atoms with Crippen LogP contribution in [0.2, 0.25) is 0 Å². The van der Waals surface area contributed by atoms with E-state index in [1.54, 1.807) is 18.2 Å². The summed E-state index contributed by atoms with van der Waals surface area (Å²) in [5, 5.41) is 9.94. The molecule has 1 aromatic rings. The third-order valence-corrected chi connectivity index (χ3v) is 3.81. The lowest BCUT2D eigenvalue weighted by atomic mass is 9.97. The summed E-state index contributed by atoms with van der Waals surface area (Å²) in [6, 6.07) is 5.26. The largest absolute Gasteiger partial charge is 0.505 e.